The van der Waals surface area contributed by atoms with Crippen LogP contribution in [0.3, 0.4) is 0 Å². The number of likely N-dealkylation sites (tertiary alicyclic amines) is 1. The standard InChI is InChI=1S/C11H14ClNOS/c1-8-4-5-13(9(8)7-12)11(14)10-3-2-6-15-10/h2-3,6,8-9H,4-5,7H2,1H3. The molecule has 82 valence electrons. The van der Waals surface area contributed by atoms with E-state index >= 15 is 0 Å². The molecule has 0 saturated carbocycles. The maximum atomic E-state index is 12.1. The summed E-state index contributed by atoms with van der Waals surface area (Å²) in [6.07, 6.45) is 1.06. The molecule has 1 fully saturated rings. The molecule has 1 aliphatic heterocycles. The lowest BCUT2D eigenvalue weighted by Crippen LogP contribution is -2.38. The van der Waals surface area contributed by atoms with Crippen LogP contribution in [0.15, 0.2) is 17.5 Å². The molecule has 2 heterocycles. The van der Waals surface area contributed by atoms with E-state index in [0.29, 0.717) is 11.8 Å². The fraction of sp³-hybridized carbons (Fsp3) is 0.545. The topological polar surface area (TPSA) is 20.3 Å². The van der Waals surface area contributed by atoms with Crippen LogP contribution in [0.4, 0.5) is 0 Å². The van der Waals surface area contributed by atoms with E-state index in [-0.39, 0.29) is 11.9 Å². The lowest BCUT2D eigenvalue weighted by Gasteiger charge is -2.24. The number of nitrogens with zero attached hydrogens (tertiary/aromatic N) is 1. The Morgan fingerprint density at radius 2 is 2.53 bits per heavy atom. The molecule has 1 saturated heterocycles. The molecule has 15 heavy (non-hydrogen) atoms. The van der Waals surface area contributed by atoms with Gasteiger partial charge in [0, 0.05) is 18.5 Å². The van der Waals surface area contributed by atoms with Crippen molar-refractivity contribution in [2.75, 3.05) is 12.4 Å². The fourth-order valence-electron chi connectivity index (χ4n) is 2.04. The van der Waals surface area contributed by atoms with Gasteiger partial charge in [0.15, 0.2) is 0 Å². The Morgan fingerprint density at radius 3 is 3.13 bits per heavy atom. The van der Waals surface area contributed by atoms with Crippen LogP contribution in [0.25, 0.3) is 0 Å². The van der Waals surface area contributed by atoms with Gasteiger partial charge in [0.05, 0.1) is 4.88 Å². The van der Waals surface area contributed by atoms with E-state index in [4.69, 9.17) is 11.6 Å². The average molecular weight is 244 g/mol. The van der Waals surface area contributed by atoms with Crippen LogP contribution in [0.2, 0.25) is 0 Å². The highest BCUT2D eigenvalue weighted by atomic mass is 35.5. The molecule has 0 aliphatic carbocycles. The molecule has 4 heteroatoms. The highest BCUT2D eigenvalue weighted by molar-refractivity contribution is 7.12. The molecule has 2 unspecified atom stereocenters. The molecule has 0 N–H and O–H groups in total. The lowest BCUT2D eigenvalue weighted by atomic mass is 10.1. The Balaban J connectivity index is 2.14. The number of rotatable bonds is 2. The Hall–Kier alpha value is -0.540. The zero-order valence-corrected chi connectivity index (χ0v) is 10.2. The van der Waals surface area contributed by atoms with Gasteiger partial charge in [-0.25, -0.2) is 0 Å². The zero-order chi connectivity index (χ0) is 10.8. The van der Waals surface area contributed by atoms with Crippen LogP contribution in [0.1, 0.15) is 23.0 Å². The fourth-order valence-corrected chi connectivity index (χ4v) is 3.19. The molecule has 1 aromatic rings. The summed E-state index contributed by atoms with van der Waals surface area (Å²) in [4.78, 5) is 14.8. The summed E-state index contributed by atoms with van der Waals surface area (Å²) in [5.41, 5.74) is 0. The largest absolute Gasteiger partial charge is 0.333 e. The molecule has 2 atom stereocenters. The monoisotopic (exact) mass is 243 g/mol. The summed E-state index contributed by atoms with van der Waals surface area (Å²) in [6, 6.07) is 4.00. The Kier molecular flexibility index (Phi) is 3.32. The van der Waals surface area contributed by atoms with Gasteiger partial charge in [0.2, 0.25) is 0 Å². The first-order valence-electron chi connectivity index (χ1n) is 5.14. The summed E-state index contributed by atoms with van der Waals surface area (Å²) in [5.74, 6) is 1.20. The predicted octanol–water partition coefficient (Wildman–Crippen LogP) is 2.84. The molecule has 1 aliphatic rings. The second-order valence-electron chi connectivity index (χ2n) is 3.96. The highest BCUT2D eigenvalue weighted by Crippen LogP contribution is 2.27. The molecular weight excluding hydrogens is 230 g/mol. The van der Waals surface area contributed by atoms with Gasteiger partial charge in [-0.3, -0.25) is 4.79 Å². The number of alkyl halides is 1. The van der Waals surface area contributed by atoms with Gasteiger partial charge in [0.25, 0.3) is 5.91 Å². The van der Waals surface area contributed by atoms with E-state index in [2.05, 4.69) is 6.92 Å². The zero-order valence-electron chi connectivity index (χ0n) is 8.65. The third kappa shape index (κ3) is 2.04. The molecule has 0 bridgehead atoms. The first kappa shape index (κ1) is 11.0. The second-order valence-corrected chi connectivity index (χ2v) is 5.22. The first-order valence-corrected chi connectivity index (χ1v) is 6.56. The van der Waals surface area contributed by atoms with Gasteiger partial charge in [-0.05, 0) is 23.8 Å². The van der Waals surface area contributed by atoms with Crippen LogP contribution < -0.4 is 0 Å². The van der Waals surface area contributed by atoms with E-state index in [1.807, 2.05) is 22.4 Å². The molecule has 1 aromatic heterocycles. The van der Waals surface area contributed by atoms with Crippen LogP contribution in [0.5, 0.6) is 0 Å². The van der Waals surface area contributed by atoms with Crippen LogP contribution in [0, 0.1) is 5.92 Å². The number of thiophene rings is 1. The number of carbonyl (C=O) groups is 1. The quantitative estimate of drug-likeness (QED) is 0.732. The molecule has 0 aromatic carbocycles. The Morgan fingerprint density at radius 1 is 1.73 bits per heavy atom. The maximum absolute atomic E-state index is 12.1. The minimum atomic E-state index is 0.139. The van der Waals surface area contributed by atoms with Gasteiger partial charge in [-0.2, -0.15) is 0 Å². The SMILES string of the molecule is CC1CCN(C(=O)c2cccs2)C1CCl. The smallest absolute Gasteiger partial charge is 0.264 e. The summed E-state index contributed by atoms with van der Waals surface area (Å²) in [5, 5.41) is 1.93. The van der Waals surface area contributed by atoms with Crippen molar-refractivity contribution < 1.29 is 4.79 Å². The number of hydrogen-bond acceptors (Lipinski definition) is 2. The predicted molar refractivity (Wildman–Crippen MR) is 63.6 cm³/mol. The van der Waals surface area contributed by atoms with Gasteiger partial charge in [-0.15, -0.1) is 22.9 Å². The normalized spacial score (nSPS) is 25.9. The summed E-state index contributed by atoms with van der Waals surface area (Å²) in [7, 11) is 0. The van der Waals surface area contributed by atoms with Gasteiger partial charge in [0.1, 0.15) is 0 Å². The van der Waals surface area contributed by atoms with Crippen LogP contribution in [-0.2, 0) is 0 Å². The Labute approximate surface area is 98.8 Å². The summed E-state index contributed by atoms with van der Waals surface area (Å²) < 4.78 is 0. The van der Waals surface area contributed by atoms with Crippen molar-refractivity contribution in [1.82, 2.24) is 4.90 Å². The molecule has 2 nitrogen and oxygen atoms in total. The minimum Gasteiger partial charge on any atom is -0.333 e. The van der Waals surface area contributed by atoms with E-state index in [1.165, 1.54) is 11.3 Å². The van der Waals surface area contributed by atoms with Crippen molar-refractivity contribution in [3.05, 3.63) is 22.4 Å². The van der Waals surface area contributed by atoms with Crippen molar-refractivity contribution in [3.8, 4) is 0 Å². The van der Waals surface area contributed by atoms with Crippen molar-refractivity contribution in [2.45, 2.75) is 19.4 Å². The van der Waals surface area contributed by atoms with E-state index in [1.54, 1.807) is 0 Å². The first-order chi connectivity index (χ1) is 7.24. The maximum Gasteiger partial charge on any atom is 0.264 e. The number of amides is 1. The van der Waals surface area contributed by atoms with E-state index in [9.17, 15) is 4.79 Å². The summed E-state index contributed by atoms with van der Waals surface area (Å²) in [6.45, 7) is 3.00. The van der Waals surface area contributed by atoms with E-state index in [0.717, 1.165) is 17.8 Å². The van der Waals surface area contributed by atoms with Crippen molar-refractivity contribution in [2.24, 2.45) is 5.92 Å². The van der Waals surface area contributed by atoms with Gasteiger partial charge >= 0.3 is 0 Å². The van der Waals surface area contributed by atoms with Gasteiger partial charge < -0.3 is 4.90 Å². The molecule has 0 spiro atoms. The van der Waals surface area contributed by atoms with Crippen LogP contribution in [-0.4, -0.2) is 29.3 Å². The number of carbonyl (C=O) groups excluding carboxylic acids is 1. The molecule has 2 rings (SSSR count). The third-order valence-electron chi connectivity index (χ3n) is 3.03. The average Bonchev–Trinajstić information content (AvgIpc) is 2.85. The minimum absolute atomic E-state index is 0.139. The molecule has 0 radical (unpaired) electrons. The lowest BCUT2D eigenvalue weighted by molar-refractivity contribution is 0.0742. The molecule has 1 amide bonds. The van der Waals surface area contributed by atoms with Crippen LogP contribution >= 0.6 is 22.9 Å². The van der Waals surface area contributed by atoms with Crippen molar-refractivity contribution in [3.63, 3.8) is 0 Å². The van der Waals surface area contributed by atoms with Gasteiger partial charge in [-0.1, -0.05) is 13.0 Å². The third-order valence-corrected chi connectivity index (χ3v) is 4.21. The second kappa shape index (κ2) is 4.54. The Bertz CT molecular complexity index is 338. The number of hydrogen-bond donors (Lipinski definition) is 0. The van der Waals surface area contributed by atoms with Crippen molar-refractivity contribution >= 4 is 28.8 Å². The number of halogens is 1. The summed E-state index contributed by atoms with van der Waals surface area (Å²) >= 11 is 7.41. The highest BCUT2D eigenvalue weighted by Gasteiger charge is 2.34. The van der Waals surface area contributed by atoms with E-state index < -0.39 is 0 Å². The molecular formula is C11H14ClNOS. The van der Waals surface area contributed by atoms with Crippen molar-refractivity contribution in [1.29, 1.82) is 0 Å².